The molecule has 0 bridgehead atoms. The van der Waals surface area contributed by atoms with Crippen LogP contribution in [0.2, 0.25) is 0 Å². The number of alkyl halides is 2. The number of fused-ring (bicyclic) bond motifs is 1. The van der Waals surface area contributed by atoms with Gasteiger partial charge in [-0.05, 0) is 18.1 Å². The summed E-state index contributed by atoms with van der Waals surface area (Å²) in [6, 6.07) is 11.9. The highest BCUT2D eigenvalue weighted by Crippen LogP contribution is 2.32. The van der Waals surface area contributed by atoms with E-state index in [0.717, 1.165) is 28.5 Å². The number of rotatable bonds is 4. The van der Waals surface area contributed by atoms with E-state index in [1.165, 1.54) is 10.3 Å². The van der Waals surface area contributed by atoms with Crippen molar-refractivity contribution in [2.45, 2.75) is 6.92 Å². The van der Waals surface area contributed by atoms with Gasteiger partial charge in [0.05, 0.1) is 26.4 Å². The minimum atomic E-state index is 0.0965. The van der Waals surface area contributed by atoms with E-state index in [9.17, 15) is 4.79 Å². The minimum Gasteiger partial charge on any atom is -0.302 e. The van der Waals surface area contributed by atoms with Crippen molar-refractivity contribution < 1.29 is 9.59 Å². The van der Waals surface area contributed by atoms with Crippen molar-refractivity contribution in [2.75, 3.05) is 10.7 Å². The largest absolute Gasteiger partial charge is 0.302 e. The van der Waals surface area contributed by atoms with E-state index in [0.29, 0.717) is 10.7 Å². The highest BCUT2D eigenvalue weighted by molar-refractivity contribution is 9.09. The summed E-state index contributed by atoms with van der Waals surface area (Å²) in [4.78, 5) is 25.2. The molecule has 2 aromatic carbocycles. The summed E-state index contributed by atoms with van der Waals surface area (Å²) >= 11 is 7.74. The summed E-state index contributed by atoms with van der Waals surface area (Å²) in [5.41, 5.74) is 7.10. The Morgan fingerprint density at radius 1 is 1.17 bits per heavy atom. The molecular formula is C18H15Br2NO2S. The van der Waals surface area contributed by atoms with Crippen molar-refractivity contribution in [2.24, 2.45) is 0 Å². The average molecular weight is 469 g/mol. The lowest BCUT2D eigenvalue weighted by Gasteiger charge is -2.05. The van der Waals surface area contributed by atoms with Gasteiger partial charge in [-0.25, -0.2) is 4.98 Å². The molecule has 0 aliphatic carbocycles. The fraction of sp³-hybridized carbons (Fsp3) is 0.167. The molecule has 3 aromatic rings. The molecule has 0 fully saturated rings. The second kappa shape index (κ2) is 9.20. The van der Waals surface area contributed by atoms with Crippen LogP contribution in [0.3, 0.4) is 0 Å². The van der Waals surface area contributed by atoms with Gasteiger partial charge in [0.25, 0.3) is 0 Å². The number of aryl methyl sites for hydroxylation is 1. The first-order chi connectivity index (χ1) is 11.6. The molecule has 24 heavy (non-hydrogen) atoms. The zero-order valence-electron chi connectivity index (χ0n) is 13.0. The molecule has 0 spiro atoms. The fourth-order valence-electron chi connectivity index (χ4n) is 2.23. The summed E-state index contributed by atoms with van der Waals surface area (Å²) in [7, 11) is 0. The number of carbonyl (C=O) groups is 2. The number of aldehydes is 1. The number of thiazole rings is 1. The molecule has 0 saturated heterocycles. The van der Waals surface area contributed by atoms with Crippen molar-refractivity contribution in [3.05, 3.63) is 53.0 Å². The minimum absolute atomic E-state index is 0.0965. The number of carbonyl (C=O) groups excluding carboxylic acids is 2. The van der Waals surface area contributed by atoms with E-state index >= 15 is 0 Å². The molecule has 0 unspecified atom stereocenters. The van der Waals surface area contributed by atoms with E-state index in [-0.39, 0.29) is 5.78 Å². The number of aromatic nitrogens is 1. The predicted molar refractivity (Wildman–Crippen MR) is 108 cm³/mol. The van der Waals surface area contributed by atoms with E-state index in [1.807, 2.05) is 29.8 Å². The van der Waals surface area contributed by atoms with E-state index < -0.39 is 0 Å². The van der Waals surface area contributed by atoms with Crippen LogP contribution in [0.25, 0.3) is 21.3 Å². The zero-order chi connectivity index (χ0) is 17.5. The zero-order valence-corrected chi connectivity index (χ0v) is 16.9. The standard InChI is InChI=1S/C16H12BrNOS.C2H3BrO/c1-10-2-7-13(15-16(10)20-9-18-15)11-3-5-12(6-4-11)14(19)8-17;3-1-2-4/h2-7,9H,8H2,1H3;2H,1H2. The number of Topliss-reactive ketones (excluding diaryl/α,β-unsaturated/α-hetero) is 1. The van der Waals surface area contributed by atoms with Crippen LogP contribution in [0, 0.1) is 6.92 Å². The van der Waals surface area contributed by atoms with Gasteiger partial charge >= 0.3 is 0 Å². The second-order valence-electron chi connectivity index (χ2n) is 4.92. The molecular weight excluding hydrogens is 454 g/mol. The molecule has 3 rings (SSSR count). The number of ketones is 1. The Hall–Kier alpha value is -1.37. The number of nitrogens with zero attached hydrogens (tertiary/aromatic N) is 1. The van der Waals surface area contributed by atoms with Crippen LogP contribution in [-0.2, 0) is 4.79 Å². The maximum absolute atomic E-state index is 11.6. The number of benzene rings is 2. The molecule has 1 aromatic heterocycles. The fourth-order valence-corrected chi connectivity index (χ4v) is 3.34. The monoisotopic (exact) mass is 467 g/mol. The van der Waals surface area contributed by atoms with Crippen molar-refractivity contribution >= 4 is 65.5 Å². The Kier molecular flexibility index (Phi) is 7.27. The van der Waals surface area contributed by atoms with Gasteiger partial charge in [-0.1, -0.05) is 68.3 Å². The van der Waals surface area contributed by atoms with Crippen LogP contribution in [0.5, 0.6) is 0 Å². The van der Waals surface area contributed by atoms with Gasteiger partial charge in [0.1, 0.15) is 6.29 Å². The van der Waals surface area contributed by atoms with Gasteiger partial charge in [0, 0.05) is 11.1 Å². The third-order valence-electron chi connectivity index (χ3n) is 3.38. The Bertz CT molecular complexity index is 844. The molecule has 3 nitrogen and oxygen atoms in total. The molecule has 0 atom stereocenters. The summed E-state index contributed by atoms with van der Waals surface area (Å²) in [6.45, 7) is 2.10. The van der Waals surface area contributed by atoms with Crippen LogP contribution in [0.4, 0.5) is 0 Å². The topological polar surface area (TPSA) is 47.0 Å². The molecule has 0 saturated carbocycles. The third-order valence-corrected chi connectivity index (χ3v) is 5.12. The molecule has 6 heteroatoms. The lowest BCUT2D eigenvalue weighted by atomic mass is 10.0. The van der Waals surface area contributed by atoms with Gasteiger partial charge in [-0.15, -0.1) is 11.3 Å². The first kappa shape index (κ1) is 19.0. The maximum Gasteiger partial charge on any atom is 0.173 e. The van der Waals surface area contributed by atoms with Crippen LogP contribution in [0.1, 0.15) is 15.9 Å². The SMILES string of the molecule is Cc1ccc(-c2ccc(C(=O)CBr)cc2)c2ncsc12.O=CCBr. The highest BCUT2D eigenvalue weighted by atomic mass is 79.9. The van der Waals surface area contributed by atoms with E-state index in [1.54, 1.807) is 11.3 Å². The normalized spacial score (nSPS) is 10.1. The number of halogens is 2. The highest BCUT2D eigenvalue weighted by Gasteiger charge is 2.09. The molecule has 0 radical (unpaired) electrons. The lowest BCUT2D eigenvalue weighted by molar-refractivity contribution is -0.105. The molecule has 1 heterocycles. The van der Waals surface area contributed by atoms with E-state index in [2.05, 4.69) is 55.9 Å². The Morgan fingerprint density at radius 2 is 1.83 bits per heavy atom. The predicted octanol–water partition coefficient (Wildman–Crippen LogP) is 5.43. The molecule has 0 aliphatic rings. The van der Waals surface area contributed by atoms with Crippen molar-refractivity contribution in [1.29, 1.82) is 0 Å². The van der Waals surface area contributed by atoms with Gasteiger partial charge in [-0.3, -0.25) is 4.79 Å². The summed E-state index contributed by atoms with van der Waals surface area (Å²) in [5, 5.41) is 0.806. The first-order valence-electron chi connectivity index (χ1n) is 7.14. The maximum atomic E-state index is 11.6. The quantitative estimate of drug-likeness (QED) is 0.291. The summed E-state index contributed by atoms with van der Waals surface area (Å²) < 4.78 is 1.23. The second-order valence-corrected chi connectivity index (χ2v) is 6.98. The van der Waals surface area contributed by atoms with Gasteiger partial charge in [0.2, 0.25) is 0 Å². The van der Waals surface area contributed by atoms with Gasteiger partial charge in [0.15, 0.2) is 5.78 Å². The molecule has 0 N–H and O–H groups in total. The van der Waals surface area contributed by atoms with Gasteiger partial charge in [-0.2, -0.15) is 0 Å². The number of hydrogen-bond donors (Lipinski definition) is 0. The third kappa shape index (κ3) is 4.37. The molecule has 0 aliphatic heterocycles. The first-order valence-corrected chi connectivity index (χ1v) is 10.3. The Morgan fingerprint density at radius 3 is 2.42 bits per heavy atom. The van der Waals surface area contributed by atoms with Crippen LogP contribution < -0.4 is 0 Å². The lowest BCUT2D eigenvalue weighted by Crippen LogP contribution is -1.99. The van der Waals surface area contributed by atoms with Crippen LogP contribution in [-0.4, -0.2) is 27.7 Å². The average Bonchev–Trinajstić information content (AvgIpc) is 3.12. The smallest absolute Gasteiger partial charge is 0.173 e. The Labute approximate surface area is 161 Å². The Balaban J connectivity index is 0.000000471. The summed E-state index contributed by atoms with van der Waals surface area (Å²) in [5.74, 6) is 0.0965. The van der Waals surface area contributed by atoms with Crippen LogP contribution >= 0.6 is 43.2 Å². The summed E-state index contributed by atoms with van der Waals surface area (Å²) in [6.07, 6.45) is 0.792. The molecule has 0 amide bonds. The van der Waals surface area contributed by atoms with Crippen molar-refractivity contribution in [3.63, 3.8) is 0 Å². The number of hydrogen-bond acceptors (Lipinski definition) is 4. The van der Waals surface area contributed by atoms with Gasteiger partial charge < -0.3 is 4.79 Å². The van der Waals surface area contributed by atoms with E-state index in [4.69, 9.17) is 4.79 Å². The van der Waals surface area contributed by atoms with Crippen molar-refractivity contribution in [1.82, 2.24) is 4.98 Å². The van der Waals surface area contributed by atoms with Crippen molar-refractivity contribution in [3.8, 4) is 11.1 Å². The molecule has 124 valence electrons. The van der Waals surface area contributed by atoms with Crippen LogP contribution in [0.15, 0.2) is 41.9 Å².